The van der Waals surface area contributed by atoms with Crippen molar-refractivity contribution in [1.29, 1.82) is 0 Å². The Morgan fingerprint density at radius 2 is 1.64 bits per heavy atom. The Labute approximate surface area is 81.4 Å². The van der Waals surface area contributed by atoms with Crippen molar-refractivity contribution in [3.05, 3.63) is 35.4 Å². The molecule has 1 aliphatic rings. The molecule has 0 aliphatic heterocycles. The molecule has 1 aromatic carbocycles. The Morgan fingerprint density at radius 3 is 2.07 bits per heavy atom. The van der Waals surface area contributed by atoms with Crippen molar-refractivity contribution < 1.29 is 14.7 Å². The van der Waals surface area contributed by atoms with Gasteiger partial charge < -0.3 is 5.11 Å². The number of Topliss-reactive ketones (excluding diaryl/α,β-unsaturated/α-hetero) is 1. The third kappa shape index (κ3) is 1.41. The van der Waals surface area contributed by atoms with Crippen molar-refractivity contribution in [3.8, 4) is 0 Å². The largest absolute Gasteiger partial charge is 0.475 e. The number of rotatable bonds is 2. The van der Waals surface area contributed by atoms with Crippen LogP contribution in [0.25, 0.3) is 0 Å². The maximum atomic E-state index is 11.2. The highest BCUT2D eigenvalue weighted by molar-refractivity contribution is 6.33. The van der Waals surface area contributed by atoms with E-state index in [4.69, 9.17) is 5.11 Å². The van der Waals surface area contributed by atoms with Gasteiger partial charge in [0.2, 0.25) is 5.78 Å². The molecule has 0 heterocycles. The predicted molar refractivity (Wildman–Crippen MR) is 50.0 cm³/mol. The van der Waals surface area contributed by atoms with Crippen molar-refractivity contribution in [1.82, 2.24) is 0 Å². The average Bonchev–Trinajstić information content (AvgIpc) is 2.59. The molecule has 0 saturated heterocycles. The fraction of sp³-hybridized carbons (Fsp3) is 0.273. The first-order valence-corrected chi connectivity index (χ1v) is 4.52. The first kappa shape index (κ1) is 8.94. The second-order valence-electron chi connectivity index (χ2n) is 3.54. The lowest BCUT2D eigenvalue weighted by atomic mass is 10.0. The Morgan fingerprint density at radius 1 is 1.14 bits per heavy atom. The van der Waals surface area contributed by atoms with Crippen LogP contribution in [0.1, 0.15) is 11.1 Å². The summed E-state index contributed by atoms with van der Waals surface area (Å²) in [6.07, 6.45) is 1.14. The van der Waals surface area contributed by atoms with Gasteiger partial charge in [0.25, 0.3) is 0 Å². The van der Waals surface area contributed by atoms with Crippen LogP contribution in [-0.4, -0.2) is 16.9 Å². The summed E-state index contributed by atoms with van der Waals surface area (Å²) in [4.78, 5) is 21.7. The summed E-state index contributed by atoms with van der Waals surface area (Å²) in [5.74, 6) is -2.34. The summed E-state index contributed by atoms with van der Waals surface area (Å²) in [5.41, 5.74) is 2.21. The highest BCUT2D eigenvalue weighted by Crippen LogP contribution is 2.26. The number of carbonyl (C=O) groups excluding carboxylic acids is 1. The van der Waals surface area contributed by atoms with Gasteiger partial charge in [0.15, 0.2) is 0 Å². The summed E-state index contributed by atoms with van der Waals surface area (Å²) in [5, 5.41) is 8.57. The summed E-state index contributed by atoms with van der Waals surface area (Å²) in [6.45, 7) is 0. The van der Waals surface area contributed by atoms with E-state index >= 15 is 0 Å². The van der Waals surface area contributed by atoms with Gasteiger partial charge in [-0.2, -0.15) is 0 Å². The van der Waals surface area contributed by atoms with Crippen LogP contribution < -0.4 is 0 Å². The molecule has 1 aliphatic carbocycles. The lowest BCUT2D eigenvalue weighted by Gasteiger charge is -2.01. The second-order valence-corrected chi connectivity index (χ2v) is 3.54. The summed E-state index contributed by atoms with van der Waals surface area (Å²) in [6, 6.07) is 7.72. The van der Waals surface area contributed by atoms with Crippen LogP contribution in [0.5, 0.6) is 0 Å². The quantitative estimate of drug-likeness (QED) is 0.709. The molecule has 3 heteroatoms. The molecule has 0 aromatic heterocycles. The summed E-state index contributed by atoms with van der Waals surface area (Å²) in [7, 11) is 0. The maximum absolute atomic E-state index is 11.2. The molecule has 0 saturated carbocycles. The number of carbonyl (C=O) groups is 2. The monoisotopic (exact) mass is 190 g/mol. The number of hydrogen-bond acceptors (Lipinski definition) is 2. The number of hydrogen-bond donors (Lipinski definition) is 1. The number of aliphatic carboxylic acids is 1. The molecule has 1 aromatic rings. The van der Waals surface area contributed by atoms with Crippen LogP contribution in [0.15, 0.2) is 24.3 Å². The smallest absolute Gasteiger partial charge is 0.372 e. The van der Waals surface area contributed by atoms with Gasteiger partial charge in [-0.25, -0.2) is 4.79 Å². The second kappa shape index (κ2) is 3.25. The minimum absolute atomic E-state index is 0.357. The van der Waals surface area contributed by atoms with E-state index in [2.05, 4.69) is 0 Å². The Kier molecular flexibility index (Phi) is 2.08. The standard InChI is InChI=1S/C11H10O3/c12-10(11(13)14)9-5-7-3-1-2-4-8(7)6-9/h1-4,9H,5-6H2,(H,13,14). The van der Waals surface area contributed by atoms with Gasteiger partial charge in [-0.1, -0.05) is 24.3 Å². The Bertz CT molecular complexity index is 370. The zero-order valence-corrected chi connectivity index (χ0v) is 7.56. The molecule has 14 heavy (non-hydrogen) atoms. The van der Waals surface area contributed by atoms with Gasteiger partial charge in [0, 0.05) is 5.92 Å². The van der Waals surface area contributed by atoms with Crippen molar-refractivity contribution in [2.75, 3.05) is 0 Å². The lowest BCUT2D eigenvalue weighted by Crippen LogP contribution is -2.23. The molecule has 0 spiro atoms. The van der Waals surface area contributed by atoms with Gasteiger partial charge in [-0.3, -0.25) is 4.79 Å². The molecule has 72 valence electrons. The van der Waals surface area contributed by atoms with Crippen molar-refractivity contribution in [2.45, 2.75) is 12.8 Å². The molecule has 1 N–H and O–H groups in total. The van der Waals surface area contributed by atoms with Crippen LogP contribution in [0.2, 0.25) is 0 Å². The van der Waals surface area contributed by atoms with Gasteiger partial charge in [-0.05, 0) is 24.0 Å². The van der Waals surface area contributed by atoms with E-state index in [1.165, 1.54) is 0 Å². The molecule has 3 nitrogen and oxygen atoms in total. The minimum atomic E-state index is -1.32. The topological polar surface area (TPSA) is 54.4 Å². The van der Waals surface area contributed by atoms with Crippen LogP contribution in [0.4, 0.5) is 0 Å². The number of carboxylic acid groups (broad SMARTS) is 1. The third-order valence-electron chi connectivity index (χ3n) is 2.63. The number of carboxylic acids is 1. The molecule has 0 radical (unpaired) electrons. The molecule has 0 bridgehead atoms. The Balaban J connectivity index is 2.20. The molecule has 0 fully saturated rings. The van der Waals surface area contributed by atoms with E-state index in [1.54, 1.807) is 0 Å². The van der Waals surface area contributed by atoms with Gasteiger partial charge in [0.05, 0.1) is 0 Å². The van der Waals surface area contributed by atoms with Gasteiger partial charge in [-0.15, -0.1) is 0 Å². The SMILES string of the molecule is O=C(O)C(=O)C1Cc2ccccc2C1. The van der Waals surface area contributed by atoms with E-state index in [1.807, 2.05) is 24.3 Å². The molecular weight excluding hydrogens is 180 g/mol. The molecule has 2 rings (SSSR count). The number of ketones is 1. The highest BCUT2D eigenvalue weighted by Gasteiger charge is 2.30. The fourth-order valence-corrected chi connectivity index (χ4v) is 1.92. The predicted octanol–water partition coefficient (Wildman–Crippen LogP) is 1.06. The molecule has 0 unspecified atom stereocenters. The van der Waals surface area contributed by atoms with Crippen LogP contribution in [0, 0.1) is 5.92 Å². The maximum Gasteiger partial charge on any atom is 0.372 e. The third-order valence-corrected chi connectivity index (χ3v) is 2.63. The van der Waals surface area contributed by atoms with Crippen LogP contribution >= 0.6 is 0 Å². The average molecular weight is 190 g/mol. The zero-order chi connectivity index (χ0) is 10.1. The Hall–Kier alpha value is -1.64. The number of fused-ring (bicyclic) bond motifs is 1. The van der Waals surface area contributed by atoms with E-state index in [0.29, 0.717) is 12.8 Å². The first-order chi connectivity index (χ1) is 6.68. The van der Waals surface area contributed by atoms with Crippen LogP contribution in [-0.2, 0) is 22.4 Å². The van der Waals surface area contributed by atoms with Gasteiger partial charge >= 0.3 is 5.97 Å². The zero-order valence-electron chi connectivity index (χ0n) is 7.56. The first-order valence-electron chi connectivity index (χ1n) is 4.52. The highest BCUT2D eigenvalue weighted by atomic mass is 16.4. The lowest BCUT2D eigenvalue weighted by molar-refractivity contribution is -0.150. The van der Waals surface area contributed by atoms with E-state index in [-0.39, 0.29) is 5.92 Å². The van der Waals surface area contributed by atoms with Crippen LogP contribution in [0.3, 0.4) is 0 Å². The minimum Gasteiger partial charge on any atom is -0.475 e. The van der Waals surface area contributed by atoms with Crippen molar-refractivity contribution >= 4 is 11.8 Å². The van der Waals surface area contributed by atoms with E-state index in [9.17, 15) is 9.59 Å². The molecule has 0 amide bonds. The molecular formula is C11H10O3. The summed E-state index contributed by atoms with van der Waals surface area (Å²) < 4.78 is 0. The normalized spacial score (nSPS) is 15.1. The van der Waals surface area contributed by atoms with Crippen molar-refractivity contribution in [2.24, 2.45) is 5.92 Å². The van der Waals surface area contributed by atoms with Crippen molar-refractivity contribution in [3.63, 3.8) is 0 Å². The fourth-order valence-electron chi connectivity index (χ4n) is 1.92. The molecule has 0 atom stereocenters. The van der Waals surface area contributed by atoms with E-state index < -0.39 is 11.8 Å². The van der Waals surface area contributed by atoms with Gasteiger partial charge in [0.1, 0.15) is 0 Å². The number of benzene rings is 1. The summed E-state index contributed by atoms with van der Waals surface area (Å²) >= 11 is 0. The van der Waals surface area contributed by atoms with E-state index in [0.717, 1.165) is 11.1 Å².